The molecule has 0 unspecified atom stereocenters. The number of nitrogens with two attached hydrogens (primary N) is 1. The second-order valence-corrected chi connectivity index (χ2v) is 3.78. The summed E-state index contributed by atoms with van der Waals surface area (Å²) in [6, 6.07) is 0. The number of hydrogen-bond donors (Lipinski definition) is 2. The smallest absolute Gasteiger partial charge is 0.221 e. The van der Waals surface area contributed by atoms with E-state index in [9.17, 15) is 4.79 Å². The minimum atomic E-state index is 0.0760. The molecule has 0 saturated heterocycles. The van der Waals surface area contributed by atoms with Crippen LogP contribution in [0.4, 0.5) is 0 Å². The number of carbonyl (C=O) groups is 1. The Kier molecular flexibility index (Phi) is 7.69. The zero-order chi connectivity index (χ0) is 10.1. The first kappa shape index (κ1) is 12.4. The Hall–Kier alpha value is -0.570. The van der Waals surface area contributed by atoms with E-state index in [4.69, 9.17) is 5.73 Å². The van der Waals surface area contributed by atoms with Crippen LogP contribution in [0.2, 0.25) is 0 Å². The zero-order valence-corrected chi connectivity index (χ0v) is 8.81. The monoisotopic (exact) mass is 186 g/mol. The summed E-state index contributed by atoms with van der Waals surface area (Å²) in [6.45, 7) is 5.67. The molecule has 0 bridgehead atoms. The average molecular weight is 186 g/mol. The maximum atomic E-state index is 10.9. The molecule has 0 radical (unpaired) electrons. The van der Waals surface area contributed by atoms with E-state index >= 15 is 0 Å². The molecule has 13 heavy (non-hydrogen) atoms. The third-order valence-corrected chi connectivity index (χ3v) is 1.90. The molecule has 78 valence electrons. The minimum Gasteiger partial charge on any atom is -0.356 e. The Morgan fingerprint density at radius 1 is 1.38 bits per heavy atom. The minimum absolute atomic E-state index is 0.0760. The van der Waals surface area contributed by atoms with Gasteiger partial charge in [-0.3, -0.25) is 4.79 Å². The average Bonchev–Trinajstić information content (AvgIpc) is 2.03. The van der Waals surface area contributed by atoms with Crippen LogP contribution in [0, 0.1) is 5.92 Å². The third-order valence-electron chi connectivity index (χ3n) is 1.90. The first-order valence-electron chi connectivity index (χ1n) is 5.13. The predicted molar refractivity (Wildman–Crippen MR) is 55.4 cm³/mol. The van der Waals surface area contributed by atoms with E-state index in [1.54, 1.807) is 0 Å². The molecule has 3 N–H and O–H groups in total. The lowest BCUT2D eigenvalue weighted by Crippen LogP contribution is -2.26. The molecule has 0 spiro atoms. The molecule has 3 heteroatoms. The Morgan fingerprint density at radius 2 is 2.08 bits per heavy atom. The zero-order valence-electron chi connectivity index (χ0n) is 8.81. The van der Waals surface area contributed by atoms with E-state index in [1.807, 2.05) is 0 Å². The fraction of sp³-hybridized carbons (Fsp3) is 0.900. The lowest BCUT2D eigenvalue weighted by atomic mass is 10.1. The van der Waals surface area contributed by atoms with Crippen molar-refractivity contribution in [2.24, 2.45) is 11.7 Å². The largest absolute Gasteiger partial charge is 0.356 e. The molecule has 0 aliphatic rings. The number of unbranched alkanes of at least 4 members (excludes halogenated alkanes) is 1. The second kappa shape index (κ2) is 8.05. The number of carbonyl (C=O) groups excluding carboxylic acids is 1. The van der Waals surface area contributed by atoms with Gasteiger partial charge < -0.3 is 11.1 Å². The van der Waals surface area contributed by atoms with Gasteiger partial charge in [-0.1, -0.05) is 26.7 Å². The van der Waals surface area contributed by atoms with Crippen molar-refractivity contribution in [3.05, 3.63) is 0 Å². The van der Waals surface area contributed by atoms with Gasteiger partial charge in [0.15, 0.2) is 0 Å². The van der Waals surface area contributed by atoms with Crippen molar-refractivity contribution in [3.8, 4) is 0 Å². The van der Waals surface area contributed by atoms with Crippen molar-refractivity contribution in [3.63, 3.8) is 0 Å². The van der Waals surface area contributed by atoms with Crippen molar-refractivity contribution in [1.82, 2.24) is 5.32 Å². The van der Waals surface area contributed by atoms with Crippen LogP contribution in [0.3, 0.4) is 0 Å². The molecule has 0 aromatic rings. The topological polar surface area (TPSA) is 55.1 Å². The Labute approximate surface area is 81.1 Å². The molecular formula is C10H22N2O. The fourth-order valence-corrected chi connectivity index (χ4v) is 1.12. The molecule has 0 heterocycles. The SMILES string of the molecule is CC(C)CCCCNC(=O)CCN. The van der Waals surface area contributed by atoms with Crippen molar-refractivity contribution in [2.45, 2.75) is 39.5 Å². The molecule has 0 aromatic heterocycles. The van der Waals surface area contributed by atoms with E-state index in [0.29, 0.717) is 13.0 Å². The van der Waals surface area contributed by atoms with Crippen LogP contribution >= 0.6 is 0 Å². The van der Waals surface area contributed by atoms with E-state index in [2.05, 4.69) is 19.2 Å². The van der Waals surface area contributed by atoms with Gasteiger partial charge in [-0.25, -0.2) is 0 Å². The van der Waals surface area contributed by atoms with Crippen molar-refractivity contribution in [2.75, 3.05) is 13.1 Å². The number of rotatable bonds is 7. The van der Waals surface area contributed by atoms with Crippen LogP contribution in [0.25, 0.3) is 0 Å². The van der Waals surface area contributed by atoms with Crippen LogP contribution < -0.4 is 11.1 Å². The molecule has 0 aromatic carbocycles. The maximum Gasteiger partial charge on any atom is 0.221 e. The molecule has 0 fully saturated rings. The summed E-state index contributed by atoms with van der Waals surface area (Å²) < 4.78 is 0. The predicted octanol–water partition coefficient (Wildman–Crippen LogP) is 1.28. The van der Waals surface area contributed by atoms with Gasteiger partial charge in [0.05, 0.1) is 0 Å². The van der Waals surface area contributed by atoms with E-state index in [-0.39, 0.29) is 5.91 Å². The summed E-state index contributed by atoms with van der Waals surface area (Å²) in [4.78, 5) is 10.9. The van der Waals surface area contributed by atoms with Crippen LogP contribution in [0.15, 0.2) is 0 Å². The quantitative estimate of drug-likeness (QED) is 0.588. The van der Waals surface area contributed by atoms with E-state index in [0.717, 1.165) is 18.9 Å². The first-order valence-corrected chi connectivity index (χ1v) is 5.13. The lowest BCUT2D eigenvalue weighted by Gasteiger charge is -2.05. The summed E-state index contributed by atoms with van der Waals surface area (Å²) in [5, 5.41) is 2.84. The van der Waals surface area contributed by atoms with Gasteiger partial charge in [0.25, 0.3) is 0 Å². The summed E-state index contributed by atoms with van der Waals surface area (Å²) >= 11 is 0. The van der Waals surface area contributed by atoms with Gasteiger partial charge in [0, 0.05) is 19.5 Å². The lowest BCUT2D eigenvalue weighted by molar-refractivity contribution is -0.120. The van der Waals surface area contributed by atoms with E-state index < -0.39 is 0 Å². The van der Waals surface area contributed by atoms with Gasteiger partial charge in [-0.15, -0.1) is 0 Å². The van der Waals surface area contributed by atoms with Gasteiger partial charge in [0.1, 0.15) is 0 Å². The molecule has 0 aliphatic heterocycles. The van der Waals surface area contributed by atoms with Gasteiger partial charge in [0.2, 0.25) is 5.91 Å². The molecule has 0 rings (SSSR count). The van der Waals surface area contributed by atoms with Crippen molar-refractivity contribution >= 4 is 5.91 Å². The highest BCUT2D eigenvalue weighted by Crippen LogP contribution is 2.04. The molecule has 0 atom stereocenters. The highest BCUT2D eigenvalue weighted by molar-refractivity contribution is 5.75. The second-order valence-electron chi connectivity index (χ2n) is 3.78. The standard InChI is InChI=1S/C10H22N2O/c1-9(2)5-3-4-8-12-10(13)6-7-11/h9H,3-8,11H2,1-2H3,(H,12,13). The van der Waals surface area contributed by atoms with E-state index in [1.165, 1.54) is 12.8 Å². The summed E-state index contributed by atoms with van der Waals surface area (Å²) in [5.41, 5.74) is 5.24. The van der Waals surface area contributed by atoms with Gasteiger partial charge in [-0.05, 0) is 12.3 Å². The normalized spacial score (nSPS) is 10.5. The molecule has 1 amide bonds. The molecular weight excluding hydrogens is 164 g/mol. The Morgan fingerprint density at radius 3 is 2.62 bits per heavy atom. The number of amides is 1. The molecule has 3 nitrogen and oxygen atoms in total. The first-order chi connectivity index (χ1) is 6.16. The molecule has 0 saturated carbocycles. The Balaban J connectivity index is 3.11. The summed E-state index contributed by atoms with van der Waals surface area (Å²) in [7, 11) is 0. The number of hydrogen-bond acceptors (Lipinski definition) is 2. The number of nitrogens with one attached hydrogen (secondary N) is 1. The summed E-state index contributed by atoms with van der Waals surface area (Å²) in [6.07, 6.45) is 3.96. The van der Waals surface area contributed by atoms with Crippen LogP contribution in [-0.4, -0.2) is 19.0 Å². The maximum absolute atomic E-state index is 10.9. The van der Waals surface area contributed by atoms with Crippen molar-refractivity contribution < 1.29 is 4.79 Å². The van der Waals surface area contributed by atoms with Crippen LogP contribution in [0.1, 0.15) is 39.5 Å². The van der Waals surface area contributed by atoms with Gasteiger partial charge in [-0.2, -0.15) is 0 Å². The van der Waals surface area contributed by atoms with Crippen LogP contribution in [-0.2, 0) is 4.79 Å². The van der Waals surface area contributed by atoms with Gasteiger partial charge >= 0.3 is 0 Å². The fourth-order valence-electron chi connectivity index (χ4n) is 1.12. The molecule has 0 aliphatic carbocycles. The highest BCUT2D eigenvalue weighted by Gasteiger charge is 1.98. The van der Waals surface area contributed by atoms with Crippen LogP contribution in [0.5, 0.6) is 0 Å². The Bertz CT molecular complexity index is 135. The third kappa shape index (κ3) is 9.34. The highest BCUT2D eigenvalue weighted by atomic mass is 16.1. The van der Waals surface area contributed by atoms with Crippen molar-refractivity contribution in [1.29, 1.82) is 0 Å². The summed E-state index contributed by atoms with van der Waals surface area (Å²) in [5.74, 6) is 0.840.